The summed E-state index contributed by atoms with van der Waals surface area (Å²) in [6.07, 6.45) is 0. The van der Waals surface area contributed by atoms with Crippen molar-refractivity contribution < 1.29 is 27.5 Å². The number of esters is 1. The van der Waals surface area contributed by atoms with Crippen LogP contribution in [-0.2, 0) is 24.3 Å². The number of nitrogens with zero attached hydrogens (tertiary/aromatic N) is 1. The van der Waals surface area contributed by atoms with Gasteiger partial charge in [-0.05, 0) is 25.0 Å². The minimum absolute atomic E-state index is 0.0723. The Bertz CT molecular complexity index is 869. The molecule has 8 nitrogen and oxygen atoms in total. The molecule has 1 aliphatic rings. The van der Waals surface area contributed by atoms with Gasteiger partial charge >= 0.3 is 5.97 Å². The molecule has 1 aliphatic heterocycles. The molecule has 0 spiro atoms. The van der Waals surface area contributed by atoms with Gasteiger partial charge in [0.25, 0.3) is 5.91 Å². The molecule has 0 bridgehead atoms. The Labute approximate surface area is 180 Å². The Kier molecular flexibility index (Phi) is 8.30. The number of nitrogens with one attached hydrogen (secondary N) is 1. The van der Waals surface area contributed by atoms with Gasteiger partial charge in [-0.2, -0.15) is 4.31 Å². The van der Waals surface area contributed by atoms with Crippen LogP contribution in [0.5, 0.6) is 0 Å². The second-order valence-corrected chi connectivity index (χ2v) is 9.68. The molecule has 1 N–H and O–H groups in total. The highest BCUT2D eigenvalue weighted by Gasteiger charge is 2.30. The van der Waals surface area contributed by atoms with E-state index in [9.17, 15) is 18.0 Å². The van der Waals surface area contributed by atoms with Crippen LogP contribution in [0.1, 0.15) is 31.1 Å². The number of sulfonamides is 1. The zero-order valence-electron chi connectivity index (χ0n) is 16.4. The SMILES string of the molecule is CC(C)C(C)NC(=O)COC(=O)c1cc(S(=O)(=O)N2CCOCC2)c(Cl)cc1Cl. The van der Waals surface area contributed by atoms with E-state index in [4.69, 9.17) is 32.7 Å². The predicted molar refractivity (Wildman–Crippen MR) is 109 cm³/mol. The van der Waals surface area contributed by atoms with Gasteiger partial charge in [0.2, 0.25) is 10.0 Å². The Morgan fingerprint density at radius 1 is 1.17 bits per heavy atom. The number of morpholine rings is 1. The van der Waals surface area contributed by atoms with Gasteiger partial charge in [-0.15, -0.1) is 0 Å². The van der Waals surface area contributed by atoms with Crippen LogP contribution in [0, 0.1) is 5.92 Å². The highest BCUT2D eigenvalue weighted by atomic mass is 35.5. The summed E-state index contributed by atoms with van der Waals surface area (Å²) in [5.74, 6) is -1.17. The van der Waals surface area contributed by atoms with E-state index in [0.29, 0.717) is 0 Å². The number of hydrogen-bond donors (Lipinski definition) is 1. The highest BCUT2D eigenvalue weighted by Crippen LogP contribution is 2.31. The molecule has 0 aromatic heterocycles. The summed E-state index contributed by atoms with van der Waals surface area (Å²) in [7, 11) is -3.95. The predicted octanol–water partition coefficient (Wildman–Crippen LogP) is 2.33. The van der Waals surface area contributed by atoms with Crippen molar-refractivity contribution in [1.82, 2.24) is 9.62 Å². The van der Waals surface area contributed by atoms with E-state index >= 15 is 0 Å². The first kappa shape index (κ1) is 23.9. The summed E-state index contributed by atoms with van der Waals surface area (Å²) >= 11 is 12.1. The Hall–Kier alpha value is -1.39. The zero-order chi connectivity index (χ0) is 21.8. The number of amides is 1. The fourth-order valence-corrected chi connectivity index (χ4v) is 4.71. The minimum atomic E-state index is -3.95. The first-order chi connectivity index (χ1) is 13.5. The fraction of sp³-hybridized carbons (Fsp3) is 0.556. The van der Waals surface area contributed by atoms with Crippen LogP contribution in [0.2, 0.25) is 10.0 Å². The van der Waals surface area contributed by atoms with Gasteiger partial charge in [0.05, 0.1) is 28.8 Å². The van der Waals surface area contributed by atoms with E-state index in [-0.39, 0.29) is 58.8 Å². The van der Waals surface area contributed by atoms with Crippen LogP contribution >= 0.6 is 23.2 Å². The molecule has 1 saturated heterocycles. The maximum atomic E-state index is 12.9. The molecule has 1 heterocycles. The summed E-state index contributed by atoms with van der Waals surface area (Å²) in [6, 6.07) is 2.16. The average Bonchev–Trinajstić information content (AvgIpc) is 2.66. The van der Waals surface area contributed by atoms with Crippen molar-refractivity contribution in [3.63, 3.8) is 0 Å². The quantitative estimate of drug-likeness (QED) is 0.618. The molecule has 0 radical (unpaired) electrons. The Morgan fingerprint density at radius 3 is 2.38 bits per heavy atom. The van der Waals surface area contributed by atoms with E-state index in [1.54, 1.807) is 0 Å². The first-order valence-corrected chi connectivity index (χ1v) is 11.3. The maximum absolute atomic E-state index is 12.9. The molecule has 1 aromatic rings. The lowest BCUT2D eigenvalue weighted by Crippen LogP contribution is -2.40. The molecule has 0 aliphatic carbocycles. The third kappa shape index (κ3) is 6.05. The van der Waals surface area contributed by atoms with Crippen molar-refractivity contribution >= 4 is 45.1 Å². The van der Waals surface area contributed by atoms with E-state index in [1.807, 2.05) is 20.8 Å². The average molecular weight is 467 g/mol. The topological polar surface area (TPSA) is 102 Å². The summed E-state index contributed by atoms with van der Waals surface area (Å²) in [6.45, 7) is 6.10. The smallest absolute Gasteiger partial charge is 0.340 e. The molecule has 162 valence electrons. The number of carbonyl (C=O) groups excluding carboxylic acids is 2. The lowest BCUT2D eigenvalue weighted by Gasteiger charge is -2.26. The third-order valence-electron chi connectivity index (χ3n) is 4.55. The van der Waals surface area contributed by atoms with Crippen molar-refractivity contribution in [3.05, 3.63) is 27.7 Å². The zero-order valence-corrected chi connectivity index (χ0v) is 18.7. The normalized spacial score (nSPS) is 16.5. The first-order valence-electron chi connectivity index (χ1n) is 9.07. The van der Waals surface area contributed by atoms with Crippen molar-refractivity contribution in [2.45, 2.75) is 31.7 Å². The van der Waals surface area contributed by atoms with Gasteiger partial charge in [0.1, 0.15) is 4.90 Å². The second-order valence-electron chi connectivity index (χ2n) is 6.96. The highest BCUT2D eigenvalue weighted by molar-refractivity contribution is 7.89. The van der Waals surface area contributed by atoms with E-state index in [2.05, 4.69) is 5.32 Å². The molecule has 11 heteroatoms. The molecule has 1 unspecified atom stereocenters. The standard InChI is InChI=1S/C18H24Cl2N2O6S/c1-11(2)12(3)21-17(23)10-28-18(24)13-8-16(15(20)9-14(13)19)29(25,26)22-4-6-27-7-5-22/h8-9,11-12H,4-7,10H2,1-3H3,(H,21,23). The monoisotopic (exact) mass is 466 g/mol. The van der Waals surface area contributed by atoms with E-state index in [0.717, 1.165) is 6.07 Å². The lowest BCUT2D eigenvalue weighted by atomic mass is 10.1. The van der Waals surface area contributed by atoms with Gasteiger partial charge < -0.3 is 14.8 Å². The summed E-state index contributed by atoms with van der Waals surface area (Å²) in [4.78, 5) is 24.1. The Morgan fingerprint density at radius 2 is 1.79 bits per heavy atom. The number of ether oxygens (including phenoxy) is 2. The summed E-state index contributed by atoms with van der Waals surface area (Å²) < 4.78 is 37.1. The van der Waals surface area contributed by atoms with E-state index in [1.165, 1.54) is 10.4 Å². The van der Waals surface area contributed by atoms with Crippen molar-refractivity contribution in [2.75, 3.05) is 32.9 Å². The molecule has 1 aromatic carbocycles. The van der Waals surface area contributed by atoms with Crippen LogP contribution in [0.4, 0.5) is 0 Å². The van der Waals surface area contributed by atoms with Gasteiger partial charge in [-0.25, -0.2) is 13.2 Å². The second kappa shape index (κ2) is 10.1. The van der Waals surface area contributed by atoms with Crippen LogP contribution in [-0.4, -0.2) is 63.6 Å². The van der Waals surface area contributed by atoms with Crippen LogP contribution in [0.15, 0.2) is 17.0 Å². The summed E-state index contributed by atoms with van der Waals surface area (Å²) in [5.41, 5.74) is -0.187. The van der Waals surface area contributed by atoms with Crippen LogP contribution in [0.25, 0.3) is 0 Å². The molecule has 1 atom stereocenters. The van der Waals surface area contributed by atoms with E-state index < -0.39 is 28.5 Å². The minimum Gasteiger partial charge on any atom is -0.452 e. The van der Waals surface area contributed by atoms with Crippen molar-refractivity contribution in [1.29, 1.82) is 0 Å². The molecular formula is C18H24Cl2N2O6S. The van der Waals surface area contributed by atoms with Crippen LogP contribution in [0.3, 0.4) is 0 Å². The fourth-order valence-electron chi connectivity index (χ4n) is 2.48. The molecule has 0 saturated carbocycles. The number of benzene rings is 1. The Balaban J connectivity index is 2.18. The van der Waals surface area contributed by atoms with Crippen molar-refractivity contribution in [3.8, 4) is 0 Å². The van der Waals surface area contributed by atoms with Gasteiger partial charge in [0.15, 0.2) is 6.61 Å². The molecule has 2 rings (SSSR count). The molecule has 1 fully saturated rings. The molecule has 29 heavy (non-hydrogen) atoms. The number of carbonyl (C=O) groups is 2. The maximum Gasteiger partial charge on any atom is 0.340 e. The number of rotatable bonds is 7. The lowest BCUT2D eigenvalue weighted by molar-refractivity contribution is -0.125. The van der Waals surface area contributed by atoms with Crippen LogP contribution < -0.4 is 5.32 Å². The number of hydrogen-bond acceptors (Lipinski definition) is 6. The summed E-state index contributed by atoms with van der Waals surface area (Å²) in [5, 5.41) is 2.52. The van der Waals surface area contributed by atoms with Crippen molar-refractivity contribution in [2.24, 2.45) is 5.92 Å². The number of halogens is 2. The van der Waals surface area contributed by atoms with Gasteiger partial charge in [-0.3, -0.25) is 4.79 Å². The molecular weight excluding hydrogens is 443 g/mol. The molecule has 1 amide bonds. The third-order valence-corrected chi connectivity index (χ3v) is 7.23. The van der Waals surface area contributed by atoms with Gasteiger partial charge in [0, 0.05) is 19.1 Å². The van der Waals surface area contributed by atoms with Gasteiger partial charge in [-0.1, -0.05) is 37.0 Å². The largest absolute Gasteiger partial charge is 0.452 e.